The van der Waals surface area contributed by atoms with Gasteiger partial charge in [0.05, 0.1) is 18.1 Å². The van der Waals surface area contributed by atoms with E-state index in [0.29, 0.717) is 12.2 Å². The number of methoxy groups -OCH3 is 1. The summed E-state index contributed by atoms with van der Waals surface area (Å²) in [6.07, 6.45) is 0.653. The van der Waals surface area contributed by atoms with Crippen LogP contribution < -0.4 is 4.74 Å². The highest BCUT2D eigenvalue weighted by Crippen LogP contribution is 2.24. The Hall–Kier alpha value is -1.58. The van der Waals surface area contributed by atoms with E-state index in [2.05, 4.69) is 0 Å². The van der Waals surface area contributed by atoms with Crippen LogP contribution in [0.2, 0.25) is 0 Å². The molecule has 0 aliphatic carbocycles. The predicted molar refractivity (Wildman–Crippen MR) is 49.0 cm³/mol. The first-order valence-electron chi connectivity index (χ1n) is 4.00. The predicted octanol–water partition coefficient (Wildman–Crippen LogP) is 2.17. The largest absolute Gasteiger partial charge is 0.497 e. The molecule has 0 saturated carbocycles. The third-order valence-electron chi connectivity index (χ3n) is 1.87. The lowest BCUT2D eigenvalue weighted by molar-refractivity contribution is -0.385. The average Bonchev–Trinajstić information content (AvgIpc) is 2.16. The van der Waals surface area contributed by atoms with Crippen LogP contribution in [0.4, 0.5) is 5.69 Å². The lowest BCUT2D eigenvalue weighted by atomic mass is 10.1. The van der Waals surface area contributed by atoms with Gasteiger partial charge in [-0.2, -0.15) is 0 Å². The van der Waals surface area contributed by atoms with Crippen LogP contribution in [0.15, 0.2) is 18.2 Å². The van der Waals surface area contributed by atoms with Crippen LogP contribution in [-0.2, 0) is 6.42 Å². The first-order valence-corrected chi connectivity index (χ1v) is 4.00. The van der Waals surface area contributed by atoms with Gasteiger partial charge in [0.1, 0.15) is 5.75 Å². The van der Waals surface area contributed by atoms with Crippen molar-refractivity contribution in [2.45, 2.75) is 13.3 Å². The summed E-state index contributed by atoms with van der Waals surface area (Å²) in [5, 5.41) is 10.6. The van der Waals surface area contributed by atoms with Crippen LogP contribution in [-0.4, -0.2) is 12.0 Å². The molecule has 0 bridgehead atoms. The molecule has 0 aliphatic rings. The van der Waals surface area contributed by atoms with Gasteiger partial charge in [-0.3, -0.25) is 10.1 Å². The molecule has 0 atom stereocenters. The highest BCUT2D eigenvalue weighted by molar-refractivity contribution is 5.45. The number of nitro groups is 1. The molecule has 0 saturated heterocycles. The summed E-state index contributed by atoms with van der Waals surface area (Å²) in [7, 11) is 1.49. The molecule has 0 fully saturated rings. The Kier molecular flexibility index (Phi) is 2.84. The molecular weight excluding hydrogens is 170 g/mol. The lowest BCUT2D eigenvalue weighted by Crippen LogP contribution is -1.95. The van der Waals surface area contributed by atoms with E-state index in [0.717, 1.165) is 5.56 Å². The molecule has 13 heavy (non-hydrogen) atoms. The number of ether oxygens (including phenoxy) is 1. The monoisotopic (exact) mass is 181 g/mol. The van der Waals surface area contributed by atoms with E-state index in [-0.39, 0.29) is 10.6 Å². The zero-order valence-electron chi connectivity index (χ0n) is 7.61. The van der Waals surface area contributed by atoms with Crippen LogP contribution in [0, 0.1) is 10.1 Å². The molecule has 70 valence electrons. The fourth-order valence-electron chi connectivity index (χ4n) is 1.14. The molecule has 4 nitrogen and oxygen atoms in total. The van der Waals surface area contributed by atoms with Crippen molar-refractivity contribution in [1.29, 1.82) is 0 Å². The van der Waals surface area contributed by atoms with Gasteiger partial charge in [-0.05, 0) is 18.6 Å². The van der Waals surface area contributed by atoms with E-state index < -0.39 is 0 Å². The third kappa shape index (κ3) is 1.96. The lowest BCUT2D eigenvalue weighted by Gasteiger charge is -2.02. The van der Waals surface area contributed by atoms with Crippen molar-refractivity contribution in [2.75, 3.05) is 7.11 Å². The minimum atomic E-state index is -0.388. The van der Waals surface area contributed by atoms with Crippen molar-refractivity contribution in [3.63, 3.8) is 0 Å². The molecule has 0 unspecified atom stereocenters. The minimum absolute atomic E-state index is 0.127. The first-order chi connectivity index (χ1) is 6.19. The second-order valence-electron chi connectivity index (χ2n) is 2.61. The number of hydrogen-bond acceptors (Lipinski definition) is 3. The minimum Gasteiger partial charge on any atom is -0.497 e. The fourth-order valence-corrected chi connectivity index (χ4v) is 1.14. The summed E-state index contributed by atoms with van der Waals surface area (Å²) in [6.45, 7) is 1.88. The van der Waals surface area contributed by atoms with Crippen molar-refractivity contribution in [1.82, 2.24) is 0 Å². The second-order valence-corrected chi connectivity index (χ2v) is 2.61. The highest BCUT2D eigenvalue weighted by Gasteiger charge is 2.12. The number of hydrogen-bond donors (Lipinski definition) is 0. The quantitative estimate of drug-likeness (QED) is 0.530. The molecule has 0 aliphatic heterocycles. The van der Waals surface area contributed by atoms with Gasteiger partial charge in [0.15, 0.2) is 0 Å². The summed E-state index contributed by atoms with van der Waals surface area (Å²) >= 11 is 0. The van der Waals surface area contributed by atoms with Gasteiger partial charge >= 0.3 is 0 Å². The van der Waals surface area contributed by atoms with Crippen molar-refractivity contribution in [2.24, 2.45) is 0 Å². The average molecular weight is 181 g/mol. The third-order valence-corrected chi connectivity index (χ3v) is 1.87. The molecular formula is C9H11NO3. The van der Waals surface area contributed by atoms with Gasteiger partial charge in [0.25, 0.3) is 5.69 Å². The van der Waals surface area contributed by atoms with Crippen LogP contribution in [0.5, 0.6) is 5.75 Å². The van der Waals surface area contributed by atoms with Gasteiger partial charge in [-0.25, -0.2) is 0 Å². The molecule has 1 rings (SSSR count). The second kappa shape index (κ2) is 3.89. The number of nitro benzene ring substituents is 1. The van der Waals surface area contributed by atoms with Crippen molar-refractivity contribution in [3.8, 4) is 5.75 Å². The molecule has 0 spiro atoms. The summed E-state index contributed by atoms with van der Waals surface area (Å²) < 4.78 is 4.90. The first kappa shape index (κ1) is 9.51. The number of benzene rings is 1. The Bertz CT molecular complexity index is 323. The van der Waals surface area contributed by atoms with Gasteiger partial charge < -0.3 is 4.74 Å². The van der Waals surface area contributed by atoms with Gasteiger partial charge in [0, 0.05) is 5.56 Å². The van der Waals surface area contributed by atoms with Gasteiger partial charge in [0.2, 0.25) is 0 Å². The number of nitrogens with zero attached hydrogens (tertiary/aromatic N) is 1. The van der Waals surface area contributed by atoms with Crippen LogP contribution in [0.3, 0.4) is 0 Å². The van der Waals surface area contributed by atoms with Crippen LogP contribution in [0.25, 0.3) is 0 Å². The zero-order chi connectivity index (χ0) is 9.84. The molecule has 0 heterocycles. The molecule has 0 N–H and O–H groups in total. The van der Waals surface area contributed by atoms with Crippen molar-refractivity contribution >= 4 is 5.69 Å². The Morgan fingerprint density at radius 1 is 1.54 bits per heavy atom. The summed E-state index contributed by atoms with van der Waals surface area (Å²) in [4.78, 5) is 10.2. The number of rotatable bonds is 3. The maximum atomic E-state index is 10.6. The van der Waals surface area contributed by atoms with E-state index in [1.165, 1.54) is 13.2 Å². The molecule has 0 amide bonds. The topological polar surface area (TPSA) is 52.4 Å². The zero-order valence-corrected chi connectivity index (χ0v) is 7.61. The molecule has 1 aromatic carbocycles. The summed E-state index contributed by atoms with van der Waals surface area (Å²) in [5.41, 5.74) is 0.854. The SMILES string of the molecule is CCc1ccc(OC)cc1[N+](=O)[O-]. The standard InChI is InChI=1S/C9H11NO3/c1-3-7-4-5-8(13-2)6-9(7)10(11)12/h4-6H,3H2,1-2H3. The summed E-state index contributed by atoms with van der Waals surface area (Å²) in [5.74, 6) is 0.518. The van der Waals surface area contributed by atoms with Crippen LogP contribution in [0.1, 0.15) is 12.5 Å². The Labute approximate surface area is 76.3 Å². The molecule has 0 aromatic heterocycles. The number of aryl methyl sites for hydroxylation is 1. The molecule has 4 heteroatoms. The van der Waals surface area contributed by atoms with Crippen molar-refractivity contribution < 1.29 is 9.66 Å². The van der Waals surface area contributed by atoms with E-state index in [1.54, 1.807) is 12.1 Å². The molecule has 0 radical (unpaired) electrons. The normalized spacial score (nSPS) is 9.69. The van der Waals surface area contributed by atoms with E-state index in [9.17, 15) is 10.1 Å². The van der Waals surface area contributed by atoms with Gasteiger partial charge in [-0.15, -0.1) is 0 Å². The smallest absolute Gasteiger partial charge is 0.276 e. The van der Waals surface area contributed by atoms with Crippen molar-refractivity contribution in [3.05, 3.63) is 33.9 Å². The Morgan fingerprint density at radius 3 is 2.69 bits per heavy atom. The fraction of sp³-hybridized carbons (Fsp3) is 0.333. The van der Waals surface area contributed by atoms with Crippen LogP contribution >= 0.6 is 0 Å². The highest BCUT2D eigenvalue weighted by atomic mass is 16.6. The van der Waals surface area contributed by atoms with Gasteiger partial charge in [-0.1, -0.05) is 6.92 Å². The Balaban J connectivity index is 3.18. The summed E-state index contributed by atoms with van der Waals surface area (Å²) in [6, 6.07) is 4.89. The maximum Gasteiger partial charge on any atom is 0.276 e. The van der Waals surface area contributed by atoms with E-state index in [4.69, 9.17) is 4.74 Å². The Morgan fingerprint density at radius 2 is 2.23 bits per heavy atom. The van der Waals surface area contributed by atoms with E-state index >= 15 is 0 Å². The van der Waals surface area contributed by atoms with E-state index in [1.807, 2.05) is 6.92 Å². The maximum absolute atomic E-state index is 10.6. The molecule has 1 aromatic rings.